The van der Waals surface area contributed by atoms with Crippen LogP contribution in [0.1, 0.15) is 47.3 Å². The maximum absolute atomic E-state index is 13.4. The molecule has 0 unspecified atom stereocenters. The summed E-state index contributed by atoms with van der Waals surface area (Å²) in [5, 5.41) is 7.31. The van der Waals surface area contributed by atoms with Crippen molar-refractivity contribution in [2.75, 3.05) is 5.32 Å². The summed E-state index contributed by atoms with van der Waals surface area (Å²) < 4.78 is 42.0. The lowest BCUT2D eigenvalue weighted by molar-refractivity contribution is -0.140. The maximum Gasteiger partial charge on any atom is 0.433 e. The zero-order valence-corrected chi connectivity index (χ0v) is 18.5. The minimum absolute atomic E-state index is 0.0628. The first-order valence-corrected chi connectivity index (χ1v) is 10.9. The van der Waals surface area contributed by atoms with Crippen LogP contribution in [0.15, 0.2) is 36.7 Å². The van der Waals surface area contributed by atoms with Crippen molar-refractivity contribution >= 4 is 34.1 Å². The molecule has 0 radical (unpaired) electrons. The smallest absolute Gasteiger partial charge is 0.382 e. The number of nitrogens with one attached hydrogen (secondary N) is 2. The fraction of sp³-hybridized carbons (Fsp3) is 0.391. The first-order valence-electron chi connectivity index (χ1n) is 10.5. The van der Waals surface area contributed by atoms with E-state index in [-0.39, 0.29) is 23.5 Å². The molecule has 0 saturated heterocycles. The SMILES string of the molecule is Cc1cn(C)cc1C(=O)N[C@@H]1CCC[C@H](Nc2cc(C(F)(F)F)nc3ccc(Cl)cc23)C1. The van der Waals surface area contributed by atoms with Gasteiger partial charge in [0.05, 0.1) is 11.1 Å². The summed E-state index contributed by atoms with van der Waals surface area (Å²) in [5.74, 6) is -0.130. The predicted octanol–water partition coefficient (Wildman–Crippen LogP) is 5.71. The molecule has 2 atom stereocenters. The third kappa shape index (κ3) is 4.85. The van der Waals surface area contributed by atoms with Crippen LogP contribution in [0.3, 0.4) is 0 Å². The molecule has 9 heteroatoms. The number of hydrogen-bond donors (Lipinski definition) is 2. The molecule has 4 rings (SSSR count). The van der Waals surface area contributed by atoms with Gasteiger partial charge in [0, 0.05) is 47.6 Å². The molecule has 5 nitrogen and oxygen atoms in total. The molecule has 0 bridgehead atoms. The van der Waals surface area contributed by atoms with Crippen LogP contribution in [0.25, 0.3) is 10.9 Å². The average Bonchev–Trinajstić information content (AvgIpc) is 3.06. The molecule has 3 aromatic rings. The van der Waals surface area contributed by atoms with Gasteiger partial charge >= 0.3 is 6.18 Å². The topological polar surface area (TPSA) is 59.0 Å². The van der Waals surface area contributed by atoms with Crippen LogP contribution in [-0.2, 0) is 13.2 Å². The molecule has 1 fully saturated rings. The van der Waals surface area contributed by atoms with Crippen molar-refractivity contribution in [1.29, 1.82) is 0 Å². The molecule has 1 aliphatic carbocycles. The summed E-state index contributed by atoms with van der Waals surface area (Å²) in [6.45, 7) is 1.89. The number of alkyl halides is 3. The Morgan fingerprint density at radius 3 is 2.62 bits per heavy atom. The standard InChI is InChI=1S/C23H24ClF3N4O/c1-13-11-31(2)12-18(13)22(32)29-16-5-3-4-15(9-16)28-20-10-21(23(25,26)27)30-19-7-6-14(24)8-17(19)20/h6-8,10-12,15-16H,3-5,9H2,1-2H3,(H,28,30)(H,29,32)/t15-,16+/m0/s1. The Morgan fingerprint density at radius 2 is 1.94 bits per heavy atom. The number of carbonyl (C=O) groups excluding carboxylic acids is 1. The fourth-order valence-corrected chi connectivity index (χ4v) is 4.53. The van der Waals surface area contributed by atoms with Crippen molar-refractivity contribution < 1.29 is 18.0 Å². The van der Waals surface area contributed by atoms with Crippen molar-refractivity contribution in [1.82, 2.24) is 14.9 Å². The Hall–Kier alpha value is -2.74. The lowest BCUT2D eigenvalue weighted by Gasteiger charge is -2.31. The van der Waals surface area contributed by atoms with Gasteiger partial charge in [-0.05, 0) is 62.4 Å². The predicted molar refractivity (Wildman–Crippen MR) is 119 cm³/mol. The lowest BCUT2D eigenvalue weighted by atomic mass is 9.90. The highest BCUT2D eigenvalue weighted by Crippen LogP contribution is 2.35. The summed E-state index contributed by atoms with van der Waals surface area (Å²) >= 11 is 6.09. The fourth-order valence-electron chi connectivity index (χ4n) is 4.35. The number of pyridine rings is 1. The van der Waals surface area contributed by atoms with Crippen LogP contribution in [0, 0.1) is 6.92 Å². The van der Waals surface area contributed by atoms with Crippen LogP contribution in [0.4, 0.5) is 18.9 Å². The second-order valence-corrected chi connectivity index (χ2v) is 8.85. The number of nitrogens with zero attached hydrogens (tertiary/aromatic N) is 2. The summed E-state index contributed by atoms with van der Waals surface area (Å²) in [4.78, 5) is 16.4. The molecule has 170 valence electrons. The molecule has 1 saturated carbocycles. The summed E-state index contributed by atoms with van der Waals surface area (Å²) in [6.07, 6.45) is 2.21. The second kappa shape index (κ2) is 8.65. The molecule has 1 aromatic carbocycles. The van der Waals surface area contributed by atoms with E-state index in [1.165, 1.54) is 12.1 Å². The van der Waals surface area contributed by atoms with Crippen molar-refractivity contribution in [3.8, 4) is 0 Å². The van der Waals surface area contributed by atoms with Crippen LogP contribution in [0.2, 0.25) is 5.02 Å². The van der Waals surface area contributed by atoms with E-state index in [1.54, 1.807) is 12.3 Å². The van der Waals surface area contributed by atoms with Crippen LogP contribution >= 0.6 is 11.6 Å². The first-order chi connectivity index (χ1) is 15.1. The number of benzene rings is 1. The highest BCUT2D eigenvalue weighted by atomic mass is 35.5. The van der Waals surface area contributed by atoms with E-state index in [0.717, 1.165) is 30.9 Å². The number of aryl methyl sites for hydroxylation is 2. The Morgan fingerprint density at radius 1 is 1.19 bits per heavy atom. The quantitative estimate of drug-likeness (QED) is 0.520. The zero-order chi connectivity index (χ0) is 23.0. The van der Waals surface area contributed by atoms with Gasteiger partial charge in [0.2, 0.25) is 0 Å². The van der Waals surface area contributed by atoms with E-state index < -0.39 is 11.9 Å². The van der Waals surface area contributed by atoms with Gasteiger partial charge in [-0.15, -0.1) is 0 Å². The number of carbonyl (C=O) groups is 1. The first kappa shape index (κ1) is 22.5. The van der Waals surface area contributed by atoms with E-state index in [9.17, 15) is 18.0 Å². The minimum atomic E-state index is -4.55. The summed E-state index contributed by atoms with van der Waals surface area (Å²) in [5.41, 5.74) is 1.16. The number of aromatic nitrogens is 2. The Bertz CT molecular complexity index is 1160. The van der Waals surface area contributed by atoms with Gasteiger partial charge in [0.15, 0.2) is 0 Å². The van der Waals surface area contributed by atoms with Crippen LogP contribution in [0.5, 0.6) is 0 Å². The van der Waals surface area contributed by atoms with Gasteiger partial charge in [-0.1, -0.05) is 11.6 Å². The zero-order valence-electron chi connectivity index (χ0n) is 17.8. The molecule has 0 aliphatic heterocycles. The van der Waals surface area contributed by atoms with Gasteiger partial charge in [-0.25, -0.2) is 4.98 Å². The van der Waals surface area contributed by atoms with Crippen molar-refractivity contribution in [3.05, 3.63) is 58.5 Å². The number of halogens is 4. The molecule has 0 spiro atoms. The molecular weight excluding hydrogens is 441 g/mol. The molecule has 1 aliphatic rings. The van der Waals surface area contributed by atoms with E-state index in [1.807, 2.05) is 24.7 Å². The third-order valence-corrected chi connectivity index (χ3v) is 6.06. The summed E-state index contributed by atoms with van der Waals surface area (Å²) in [6, 6.07) is 5.52. The van der Waals surface area contributed by atoms with E-state index >= 15 is 0 Å². The van der Waals surface area contributed by atoms with Crippen molar-refractivity contribution in [2.45, 2.75) is 50.9 Å². The number of rotatable bonds is 4. The van der Waals surface area contributed by atoms with Gasteiger partial charge in [-0.2, -0.15) is 13.2 Å². The highest BCUT2D eigenvalue weighted by molar-refractivity contribution is 6.31. The molecular formula is C23H24ClF3N4O. The highest BCUT2D eigenvalue weighted by Gasteiger charge is 2.34. The number of anilines is 1. The summed E-state index contributed by atoms with van der Waals surface area (Å²) in [7, 11) is 1.87. The van der Waals surface area contributed by atoms with Gasteiger partial charge < -0.3 is 15.2 Å². The average molecular weight is 465 g/mol. The largest absolute Gasteiger partial charge is 0.433 e. The molecule has 2 N–H and O–H groups in total. The normalized spacial score (nSPS) is 19.2. The van der Waals surface area contributed by atoms with E-state index in [4.69, 9.17) is 11.6 Å². The van der Waals surface area contributed by atoms with Crippen molar-refractivity contribution in [3.63, 3.8) is 0 Å². The Labute approximate surface area is 189 Å². The molecule has 1 amide bonds. The number of fused-ring (bicyclic) bond motifs is 1. The second-order valence-electron chi connectivity index (χ2n) is 8.41. The van der Waals surface area contributed by atoms with Crippen molar-refractivity contribution in [2.24, 2.45) is 7.05 Å². The Balaban J connectivity index is 1.54. The number of hydrogen-bond acceptors (Lipinski definition) is 3. The molecule has 32 heavy (non-hydrogen) atoms. The minimum Gasteiger partial charge on any atom is -0.382 e. The maximum atomic E-state index is 13.4. The van der Waals surface area contributed by atoms with Gasteiger partial charge in [-0.3, -0.25) is 4.79 Å². The number of amides is 1. The van der Waals surface area contributed by atoms with Crippen LogP contribution < -0.4 is 10.6 Å². The van der Waals surface area contributed by atoms with E-state index in [0.29, 0.717) is 28.1 Å². The third-order valence-electron chi connectivity index (χ3n) is 5.83. The van der Waals surface area contributed by atoms with Gasteiger partial charge in [0.1, 0.15) is 5.69 Å². The molecule has 2 heterocycles. The van der Waals surface area contributed by atoms with Crippen LogP contribution in [-0.4, -0.2) is 27.5 Å². The lowest BCUT2D eigenvalue weighted by Crippen LogP contribution is -2.42. The Kier molecular flexibility index (Phi) is 6.07. The molecule has 2 aromatic heterocycles. The van der Waals surface area contributed by atoms with E-state index in [2.05, 4.69) is 15.6 Å². The monoisotopic (exact) mass is 464 g/mol. The van der Waals surface area contributed by atoms with Gasteiger partial charge in [0.25, 0.3) is 5.91 Å².